The van der Waals surface area contributed by atoms with Crippen LogP contribution in [-0.2, 0) is 12.7 Å². The summed E-state index contributed by atoms with van der Waals surface area (Å²) in [7, 11) is 1.36. The smallest absolute Gasteiger partial charge is 0.354 e. The molecule has 0 atom stereocenters. The van der Waals surface area contributed by atoms with E-state index in [0.29, 0.717) is 16.9 Å². The van der Waals surface area contributed by atoms with Gasteiger partial charge >= 0.3 is 6.18 Å². The lowest BCUT2D eigenvalue weighted by Gasteiger charge is -2.22. The molecule has 2 aromatic carbocycles. The van der Waals surface area contributed by atoms with E-state index in [0.717, 1.165) is 0 Å². The van der Waals surface area contributed by atoms with Gasteiger partial charge in [0.1, 0.15) is 11.4 Å². The number of alkyl halides is 3. The molecule has 0 fully saturated rings. The van der Waals surface area contributed by atoms with Crippen molar-refractivity contribution in [2.24, 2.45) is 0 Å². The molecule has 0 saturated carbocycles. The van der Waals surface area contributed by atoms with Gasteiger partial charge in [0.2, 0.25) is 5.95 Å². The van der Waals surface area contributed by atoms with E-state index in [2.05, 4.69) is 15.3 Å². The van der Waals surface area contributed by atoms with Crippen LogP contribution in [0.1, 0.15) is 11.1 Å². The van der Waals surface area contributed by atoms with Gasteiger partial charge in [0.25, 0.3) is 5.69 Å². The molecule has 0 radical (unpaired) electrons. The topological polar surface area (TPSA) is 84.2 Å². The molecule has 0 spiro atoms. The summed E-state index contributed by atoms with van der Waals surface area (Å²) in [5, 5.41) is 14.6. The van der Waals surface area contributed by atoms with Gasteiger partial charge in [-0.2, -0.15) is 18.2 Å². The van der Waals surface area contributed by atoms with Crippen LogP contribution >= 0.6 is 23.2 Å². The zero-order valence-electron chi connectivity index (χ0n) is 15.8. The Hall–Kier alpha value is -3.11. The Morgan fingerprint density at radius 1 is 1.16 bits per heavy atom. The summed E-state index contributed by atoms with van der Waals surface area (Å²) in [6, 6.07) is 10.3. The maximum absolute atomic E-state index is 13.5. The minimum Gasteiger partial charge on any atom is -0.354 e. The number of hydrogen-bond acceptors (Lipinski definition) is 6. The number of nitrogens with zero attached hydrogens (tertiary/aromatic N) is 4. The van der Waals surface area contributed by atoms with Crippen molar-refractivity contribution in [3.8, 4) is 0 Å². The van der Waals surface area contributed by atoms with E-state index in [1.54, 1.807) is 12.1 Å². The van der Waals surface area contributed by atoms with Crippen molar-refractivity contribution in [3.05, 3.63) is 79.9 Å². The van der Waals surface area contributed by atoms with Crippen LogP contribution in [0.3, 0.4) is 0 Å². The predicted molar refractivity (Wildman–Crippen MR) is 112 cm³/mol. The molecule has 0 amide bonds. The molecule has 0 aliphatic rings. The molecule has 0 aliphatic carbocycles. The lowest BCUT2D eigenvalue weighted by atomic mass is 10.1. The first kappa shape index (κ1) is 22.6. The number of para-hydroxylation sites is 1. The minimum atomic E-state index is -4.73. The molecular weight excluding hydrogens is 458 g/mol. The fourth-order valence-corrected chi connectivity index (χ4v) is 3.08. The number of halogens is 5. The predicted octanol–water partition coefficient (Wildman–Crippen LogP) is 6.09. The Balaban J connectivity index is 1.97. The van der Waals surface area contributed by atoms with E-state index in [1.165, 1.54) is 42.3 Å². The average Bonchev–Trinajstić information content (AvgIpc) is 2.70. The molecule has 0 bridgehead atoms. The van der Waals surface area contributed by atoms with Gasteiger partial charge in [0.15, 0.2) is 0 Å². The summed E-state index contributed by atoms with van der Waals surface area (Å²) in [5.41, 5.74) is -0.624. The molecule has 1 aromatic heterocycles. The maximum atomic E-state index is 13.5. The number of rotatable bonds is 6. The fraction of sp³-hybridized carbons (Fsp3) is 0.158. The molecule has 12 heteroatoms. The third-order valence-corrected chi connectivity index (χ3v) is 4.95. The molecule has 7 nitrogen and oxygen atoms in total. The second-order valence-corrected chi connectivity index (χ2v) is 7.24. The second-order valence-electron chi connectivity index (χ2n) is 6.42. The van der Waals surface area contributed by atoms with E-state index in [4.69, 9.17) is 23.2 Å². The van der Waals surface area contributed by atoms with Gasteiger partial charge in [0, 0.05) is 30.6 Å². The molecule has 0 unspecified atom stereocenters. The molecule has 0 saturated heterocycles. The molecule has 1 N–H and O–H groups in total. The summed E-state index contributed by atoms with van der Waals surface area (Å²) >= 11 is 11.8. The molecular formula is C19H14Cl2F3N5O2. The molecule has 162 valence electrons. The van der Waals surface area contributed by atoms with Crippen molar-refractivity contribution < 1.29 is 18.1 Å². The van der Waals surface area contributed by atoms with Crippen LogP contribution < -0.4 is 10.2 Å². The highest BCUT2D eigenvalue weighted by Gasteiger charge is 2.36. The Bertz CT molecular complexity index is 1130. The van der Waals surface area contributed by atoms with E-state index in [9.17, 15) is 23.3 Å². The number of nitro groups is 1. The number of benzene rings is 2. The first-order valence-corrected chi connectivity index (χ1v) is 9.41. The van der Waals surface area contributed by atoms with Crippen LogP contribution in [0, 0.1) is 10.1 Å². The summed E-state index contributed by atoms with van der Waals surface area (Å²) in [6.45, 7) is -0.177. The van der Waals surface area contributed by atoms with Gasteiger partial charge in [-0.15, -0.1) is 0 Å². The van der Waals surface area contributed by atoms with Gasteiger partial charge in [-0.05, 0) is 18.2 Å². The normalized spacial score (nSPS) is 11.3. The van der Waals surface area contributed by atoms with Gasteiger partial charge < -0.3 is 10.2 Å². The van der Waals surface area contributed by atoms with Crippen LogP contribution in [-0.4, -0.2) is 21.9 Å². The standard InChI is InChI=1S/C19H14Cl2F3N5O2/c1-28(10-11-4-2-3-5-16(11)29(30)31)17-13(19(22,23)24)9-25-18(27-17)26-12-6-7-14(20)15(21)8-12/h2-9H,10H2,1H3,(H,25,26,27). The minimum absolute atomic E-state index is 0.115. The van der Waals surface area contributed by atoms with Gasteiger partial charge in [-0.1, -0.05) is 41.4 Å². The van der Waals surface area contributed by atoms with Crippen LogP contribution in [0.4, 0.5) is 36.3 Å². The van der Waals surface area contributed by atoms with Gasteiger partial charge in [-0.25, -0.2) is 4.98 Å². The number of hydrogen-bond donors (Lipinski definition) is 1. The van der Waals surface area contributed by atoms with Crippen molar-refractivity contribution in [2.45, 2.75) is 12.7 Å². The number of nitro benzene ring substituents is 1. The van der Waals surface area contributed by atoms with Crippen molar-refractivity contribution in [2.75, 3.05) is 17.3 Å². The molecule has 0 aliphatic heterocycles. The van der Waals surface area contributed by atoms with Crippen molar-refractivity contribution in [3.63, 3.8) is 0 Å². The van der Waals surface area contributed by atoms with E-state index >= 15 is 0 Å². The zero-order chi connectivity index (χ0) is 22.8. The lowest BCUT2D eigenvalue weighted by molar-refractivity contribution is -0.385. The Morgan fingerprint density at radius 3 is 2.52 bits per heavy atom. The molecule has 3 rings (SSSR count). The fourth-order valence-electron chi connectivity index (χ4n) is 2.78. The Labute approximate surface area is 184 Å². The number of aromatic nitrogens is 2. The van der Waals surface area contributed by atoms with E-state index in [-0.39, 0.29) is 28.8 Å². The van der Waals surface area contributed by atoms with E-state index < -0.39 is 22.5 Å². The van der Waals surface area contributed by atoms with Gasteiger partial charge in [-0.3, -0.25) is 10.1 Å². The SMILES string of the molecule is CN(Cc1ccccc1[N+](=O)[O-])c1nc(Nc2ccc(Cl)c(Cl)c2)ncc1C(F)(F)F. The first-order valence-electron chi connectivity index (χ1n) is 8.66. The monoisotopic (exact) mass is 471 g/mol. The van der Waals surface area contributed by atoms with Crippen LogP contribution in [0.15, 0.2) is 48.7 Å². The quantitative estimate of drug-likeness (QED) is 0.345. The average molecular weight is 472 g/mol. The van der Waals surface area contributed by atoms with Crippen LogP contribution in [0.5, 0.6) is 0 Å². The summed E-state index contributed by atoms with van der Waals surface area (Å²) in [4.78, 5) is 19.5. The zero-order valence-corrected chi connectivity index (χ0v) is 17.3. The third-order valence-electron chi connectivity index (χ3n) is 4.21. The van der Waals surface area contributed by atoms with Crippen molar-refractivity contribution in [1.29, 1.82) is 0 Å². The van der Waals surface area contributed by atoms with Crippen molar-refractivity contribution >= 4 is 46.3 Å². The number of nitrogens with one attached hydrogen (secondary N) is 1. The molecule has 3 aromatic rings. The summed E-state index contributed by atoms with van der Waals surface area (Å²) < 4.78 is 40.6. The molecule has 1 heterocycles. The highest BCUT2D eigenvalue weighted by atomic mass is 35.5. The first-order chi connectivity index (χ1) is 14.6. The maximum Gasteiger partial charge on any atom is 0.421 e. The van der Waals surface area contributed by atoms with Crippen molar-refractivity contribution in [1.82, 2.24) is 9.97 Å². The summed E-state index contributed by atoms with van der Waals surface area (Å²) in [5.74, 6) is -0.556. The second kappa shape index (κ2) is 8.94. The van der Waals surface area contributed by atoms with Crippen LogP contribution in [0.2, 0.25) is 10.0 Å². The van der Waals surface area contributed by atoms with Crippen LogP contribution in [0.25, 0.3) is 0 Å². The largest absolute Gasteiger partial charge is 0.421 e. The lowest BCUT2D eigenvalue weighted by Crippen LogP contribution is -2.23. The van der Waals surface area contributed by atoms with E-state index in [1.807, 2.05) is 0 Å². The summed E-state index contributed by atoms with van der Waals surface area (Å²) in [6.07, 6.45) is -4.08. The third kappa shape index (κ3) is 5.33. The Kier molecular flexibility index (Phi) is 6.51. The van der Waals surface area contributed by atoms with Gasteiger partial charge in [0.05, 0.1) is 21.5 Å². The highest BCUT2D eigenvalue weighted by molar-refractivity contribution is 6.42. The molecule has 31 heavy (non-hydrogen) atoms. The highest BCUT2D eigenvalue weighted by Crippen LogP contribution is 2.36. The number of anilines is 3. The Morgan fingerprint density at radius 2 is 1.87 bits per heavy atom.